The van der Waals surface area contributed by atoms with Gasteiger partial charge < -0.3 is 5.32 Å². The molecule has 0 spiro atoms. The largest absolute Gasteiger partial charge is 0.361 e. The first kappa shape index (κ1) is 5.46. The lowest BCUT2D eigenvalue weighted by Gasteiger charge is -2.15. The van der Waals surface area contributed by atoms with Crippen LogP contribution in [-0.4, -0.2) is 30.1 Å². The van der Waals surface area contributed by atoms with Crippen molar-refractivity contribution in [1.29, 1.82) is 0 Å². The van der Waals surface area contributed by atoms with Gasteiger partial charge in [0.1, 0.15) is 5.82 Å². The highest BCUT2D eigenvalue weighted by Crippen LogP contribution is 2.09. The Labute approximate surface area is 58.2 Å². The molecule has 1 amide bonds. The van der Waals surface area contributed by atoms with Crippen LogP contribution in [0.1, 0.15) is 0 Å². The van der Waals surface area contributed by atoms with Crippen molar-refractivity contribution in [2.24, 2.45) is 4.99 Å². The molecule has 2 aliphatic heterocycles. The highest BCUT2D eigenvalue weighted by atomic mass is 16.2. The van der Waals surface area contributed by atoms with E-state index >= 15 is 0 Å². The summed E-state index contributed by atoms with van der Waals surface area (Å²) in [5.41, 5.74) is 0. The van der Waals surface area contributed by atoms with Crippen LogP contribution >= 0.6 is 0 Å². The zero-order valence-corrected chi connectivity index (χ0v) is 5.37. The van der Waals surface area contributed by atoms with Crippen molar-refractivity contribution in [3.05, 3.63) is 12.0 Å². The third-order valence-electron chi connectivity index (χ3n) is 1.58. The third-order valence-corrected chi connectivity index (χ3v) is 1.58. The minimum absolute atomic E-state index is 0.123. The van der Waals surface area contributed by atoms with E-state index < -0.39 is 0 Å². The van der Waals surface area contributed by atoms with E-state index in [1.165, 1.54) is 0 Å². The van der Waals surface area contributed by atoms with Gasteiger partial charge >= 0.3 is 0 Å². The normalized spacial score (nSPS) is 22.2. The second-order valence-electron chi connectivity index (χ2n) is 2.20. The number of fused-ring (bicyclic) bond motifs is 1. The highest BCUT2D eigenvalue weighted by molar-refractivity contribution is 5.86. The third kappa shape index (κ3) is 0.618. The van der Waals surface area contributed by atoms with Gasteiger partial charge in [-0.05, 0) is 0 Å². The predicted molar refractivity (Wildman–Crippen MR) is 36.3 cm³/mol. The Bertz CT molecular complexity index is 231. The molecule has 2 rings (SSSR count). The van der Waals surface area contributed by atoms with Crippen molar-refractivity contribution in [3.63, 3.8) is 0 Å². The Morgan fingerprint density at radius 3 is 3.40 bits per heavy atom. The van der Waals surface area contributed by atoms with E-state index in [1.807, 2.05) is 0 Å². The Kier molecular flexibility index (Phi) is 1.00. The minimum atomic E-state index is 0.123. The molecule has 2 aliphatic rings. The standard InChI is InChI=1S/C6H7N3O/c10-6-4-8-5-3-7-1-2-9(5)6/h1,3,8H,2,4H2. The van der Waals surface area contributed by atoms with Gasteiger partial charge in [-0.1, -0.05) is 0 Å². The summed E-state index contributed by atoms with van der Waals surface area (Å²) < 4.78 is 0. The summed E-state index contributed by atoms with van der Waals surface area (Å²) in [6, 6.07) is 0. The fourth-order valence-corrected chi connectivity index (χ4v) is 1.06. The van der Waals surface area contributed by atoms with Crippen LogP contribution in [0.25, 0.3) is 0 Å². The van der Waals surface area contributed by atoms with Gasteiger partial charge in [0, 0.05) is 6.21 Å². The monoisotopic (exact) mass is 137 g/mol. The maximum Gasteiger partial charge on any atom is 0.247 e. The first-order valence-corrected chi connectivity index (χ1v) is 3.14. The molecular weight excluding hydrogens is 130 g/mol. The lowest BCUT2D eigenvalue weighted by atomic mass is 10.5. The SMILES string of the molecule is O=C1CNC2=CN=CCN12. The van der Waals surface area contributed by atoms with E-state index in [4.69, 9.17) is 0 Å². The molecule has 4 nitrogen and oxygen atoms in total. The summed E-state index contributed by atoms with van der Waals surface area (Å²) in [6.45, 7) is 1.02. The molecule has 0 aliphatic carbocycles. The van der Waals surface area contributed by atoms with Crippen molar-refractivity contribution in [2.45, 2.75) is 0 Å². The first-order valence-electron chi connectivity index (χ1n) is 3.14. The van der Waals surface area contributed by atoms with Crippen LogP contribution in [-0.2, 0) is 4.79 Å². The molecule has 0 aromatic carbocycles. The number of nitrogens with one attached hydrogen (secondary N) is 1. The minimum Gasteiger partial charge on any atom is -0.361 e. The Morgan fingerprint density at radius 1 is 1.70 bits per heavy atom. The second-order valence-corrected chi connectivity index (χ2v) is 2.20. The van der Waals surface area contributed by atoms with E-state index in [-0.39, 0.29) is 5.91 Å². The van der Waals surface area contributed by atoms with Crippen LogP contribution in [0.4, 0.5) is 0 Å². The molecule has 0 saturated carbocycles. The van der Waals surface area contributed by atoms with E-state index in [0.717, 1.165) is 5.82 Å². The van der Waals surface area contributed by atoms with Gasteiger partial charge in [-0.25, -0.2) is 0 Å². The molecule has 0 radical (unpaired) electrons. The van der Waals surface area contributed by atoms with Gasteiger partial charge in [0.15, 0.2) is 0 Å². The van der Waals surface area contributed by atoms with Crippen molar-refractivity contribution in [3.8, 4) is 0 Å². The van der Waals surface area contributed by atoms with Crippen LogP contribution in [0, 0.1) is 0 Å². The lowest BCUT2D eigenvalue weighted by molar-refractivity contribution is -0.125. The summed E-state index contributed by atoms with van der Waals surface area (Å²) in [6.07, 6.45) is 3.38. The smallest absolute Gasteiger partial charge is 0.247 e. The summed E-state index contributed by atoms with van der Waals surface area (Å²) in [5, 5.41) is 2.93. The number of rotatable bonds is 0. The molecule has 2 heterocycles. The van der Waals surface area contributed by atoms with E-state index in [0.29, 0.717) is 13.1 Å². The molecule has 0 bridgehead atoms. The van der Waals surface area contributed by atoms with Crippen molar-refractivity contribution < 1.29 is 4.79 Å². The number of aliphatic imine (C=N–C) groups is 1. The quantitative estimate of drug-likeness (QED) is 0.480. The number of hydrogen-bond acceptors (Lipinski definition) is 3. The van der Waals surface area contributed by atoms with Crippen LogP contribution in [0.2, 0.25) is 0 Å². The lowest BCUT2D eigenvalue weighted by Crippen LogP contribution is -2.28. The Balaban J connectivity index is 2.31. The van der Waals surface area contributed by atoms with Gasteiger partial charge in [0.2, 0.25) is 5.91 Å². The van der Waals surface area contributed by atoms with E-state index in [2.05, 4.69) is 10.3 Å². The summed E-state index contributed by atoms with van der Waals surface area (Å²) in [4.78, 5) is 16.6. The zero-order valence-electron chi connectivity index (χ0n) is 5.37. The Hall–Kier alpha value is -1.32. The van der Waals surface area contributed by atoms with Crippen LogP contribution in [0.15, 0.2) is 17.0 Å². The average Bonchev–Trinajstić information content (AvgIpc) is 2.34. The highest BCUT2D eigenvalue weighted by Gasteiger charge is 2.25. The van der Waals surface area contributed by atoms with Gasteiger partial charge in [-0.15, -0.1) is 0 Å². The molecule has 0 atom stereocenters. The molecular formula is C6H7N3O. The van der Waals surface area contributed by atoms with Crippen LogP contribution in [0.3, 0.4) is 0 Å². The fourth-order valence-electron chi connectivity index (χ4n) is 1.06. The predicted octanol–water partition coefficient (Wildman–Crippen LogP) is -0.698. The van der Waals surface area contributed by atoms with Gasteiger partial charge in [0.25, 0.3) is 0 Å². The summed E-state index contributed by atoms with van der Waals surface area (Å²) in [5.74, 6) is 0.949. The number of amides is 1. The number of hydrogen-bond donors (Lipinski definition) is 1. The zero-order chi connectivity index (χ0) is 6.97. The van der Waals surface area contributed by atoms with Crippen molar-refractivity contribution in [2.75, 3.05) is 13.1 Å². The maximum atomic E-state index is 11.0. The molecule has 1 N–H and O–H groups in total. The second kappa shape index (κ2) is 1.83. The first-order chi connectivity index (χ1) is 4.88. The van der Waals surface area contributed by atoms with Gasteiger partial charge in [-0.2, -0.15) is 0 Å². The van der Waals surface area contributed by atoms with Crippen LogP contribution < -0.4 is 5.32 Å². The fraction of sp³-hybridized carbons (Fsp3) is 0.333. The van der Waals surface area contributed by atoms with Crippen molar-refractivity contribution >= 4 is 12.1 Å². The number of nitrogens with zero attached hydrogens (tertiary/aromatic N) is 2. The average molecular weight is 137 g/mol. The molecule has 4 heteroatoms. The summed E-state index contributed by atoms with van der Waals surface area (Å²) >= 11 is 0. The molecule has 0 aromatic heterocycles. The van der Waals surface area contributed by atoms with Crippen LogP contribution in [0.5, 0.6) is 0 Å². The topological polar surface area (TPSA) is 44.7 Å². The number of carbonyl (C=O) groups is 1. The molecule has 1 saturated heterocycles. The van der Waals surface area contributed by atoms with Gasteiger partial charge in [-0.3, -0.25) is 14.7 Å². The molecule has 52 valence electrons. The van der Waals surface area contributed by atoms with E-state index in [9.17, 15) is 4.79 Å². The molecule has 0 unspecified atom stereocenters. The summed E-state index contributed by atoms with van der Waals surface area (Å²) in [7, 11) is 0. The molecule has 1 fully saturated rings. The van der Waals surface area contributed by atoms with Gasteiger partial charge in [0.05, 0.1) is 19.3 Å². The maximum absolute atomic E-state index is 11.0. The van der Waals surface area contributed by atoms with E-state index in [1.54, 1.807) is 17.3 Å². The number of carbonyl (C=O) groups excluding carboxylic acids is 1. The molecule has 0 aromatic rings. The van der Waals surface area contributed by atoms with Crippen molar-refractivity contribution in [1.82, 2.24) is 10.2 Å². The molecule has 10 heavy (non-hydrogen) atoms. The Morgan fingerprint density at radius 2 is 2.60 bits per heavy atom.